The van der Waals surface area contributed by atoms with Crippen molar-refractivity contribution in [2.24, 2.45) is 0 Å². The molecule has 0 aliphatic carbocycles. The lowest BCUT2D eigenvalue weighted by Crippen LogP contribution is -2.27. The average Bonchev–Trinajstić information content (AvgIpc) is 2.79. The lowest BCUT2D eigenvalue weighted by molar-refractivity contribution is 0.102. The summed E-state index contributed by atoms with van der Waals surface area (Å²) in [6.45, 7) is 4.09. The van der Waals surface area contributed by atoms with Crippen LogP contribution in [0.1, 0.15) is 28.4 Å². The molecule has 1 amide bonds. The molecule has 6 nitrogen and oxygen atoms in total. The number of hydrogen-bond acceptors (Lipinski definition) is 4. The van der Waals surface area contributed by atoms with Crippen LogP contribution in [0.3, 0.4) is 0 Å². The van der Waals surface area contributed by atoms with Crippen LogP contribution in [0.25, 0.3) is 0 Å². The Hall–Kier alpha value is -2.29. The number of anilines is 1. The molecule has 0 radical (unpaired) electrons. The summed E-state index contributed by atoms with van der Waals surface area (Å²) in [5, 5.41) is 3.45. The Balaban J connectivity index is 1.89. The third kappa shape index (κ3) is 6.03. The first-order valence-corrected chi connectivity index (χ1v) is 12.8. The molecular formula is C24H23Cl3N2O4S. The molecule has 0 aliphatic rings. The fourth-order valence-electron chi connectivity index (χ4n) is 3.17. The van der Waals surface area contributed by atoms with E-state index in [9.17, 15) is 13.2 Å². The second-order valence-corrected chi connectivity index (χ2v) is 10.8. The van der Waals surface area contributed by atoms with Gasteiger partial charge in [-0.1, -0.05) is 52.5 Å². The Labute approximate surface area is 214 Å². The largest absolute Gasteiger partial charge is 0.494 e. The third-order valence-electron chi connectivity index (χ3n) is 5.00. The number of sulfonamides is 1. The maximum absolute atomic E-state index is 13.0. The number of hydrogen-bond donors (Lipinski definition) is 1. The van der Waals surface area contributed by atoms with Crippen LogP contribution in [-0.4, -0.2) is 32.3 Å². The van der Waals surface area contributed by atoms with E-state index in [2.05, 4.69) is 5.32 Å². The summed E-state index contributed by atoms with van der Waals surface area (Å²) in [6, 6.07) is 14.3. The molecule has 1 N–H and O–H groups in total. The van der Waals surface area contributed by atoms with Crippen molar-refractivity contribution in [2.45, 2.75) is 25.3 Å². The maximum Gasteiger partial charge on any atom is 0.255 e. The van der Waals surface area contributed by atoms with E-state index in [1.54, 1.807) is 42.5 Å². The molecule has 0 saturated carbocycles. The lowest BCUT2D eigenvalue weighted by Gasteiger charge is -2.20. The van der Waals surface area contributed by atoms with Gasteiger partial charge in [-0.2, -0.15) is 4.31 Å². The van der Waals surface area contributed by atoms with Gasteiger partial charge in [-0.15, -0.1) is 0 Å². The van der Waals surface area contributed by atoms with Crippen LogP contribution >= 0.6 is 34.8 Å². The SMILES string of the molecule is CCOc1ccc(C(=O)Nc2cc(Cl)c(Cl)cc2Cl)cc1CN(C)S(=O)(=O)c1ccc(C)cc1. The van der Waals surface area contributed by atoms with E-state index in [0.717, 1.165) is 5.56 Å². The molecule has 0 saturated heterocycles. The van der Waals surface area contributed by atoms with Crippen molar-refractivity contribution in [3.8, 4) is 5.75 Å². The van der Waals surface area contributed by atoms with Gasteiger partial charge in [-0.05, 0) is 56.3 Å². The summed E-state index contributed by atoms with van der Waals surface area (Å²) in [5.41, 5.74) is 2.09. The van der Waals surface area contributed by atoms with Crippen LogP contribution in [-0.2, 0) is 16.6 Å². The normalized spacial score (nSPS) is 11.5. The number of aryl methyl sites for hydroxylation is 1. The molecule has 10 heteroatoms. The van der Waals surface area contributed by atoms with Crippen LogP contribution in [0, 0.1) is 6.92 Å². The fraction of sp³-hybridized carbons (Fsp3) is 0.208. The topological polar surface area (TPSA) is 75.7 Å². The molecular weight excluding hydrogens is 519 g/mol. The molecule has 3 aromatic carbocycles. The smallest absolute Gasteiger partial charge is 0.255 e. The zero-order valence-corrected chi connectivity index (χ0v) is 21.8. The highest BCUT2D eigenvalue weighted by Gasteiger charge is 2.23. The highest BCUT2D eigenvalue weighted by molar-refractivity contribution is 7.89. The average molecular weight is 542 g/mol. The van der Waals surface area contributed by atoms with E-state index < -0.39 is 15.9 Å². The summed E-state index contributed by atoms with van der Waals surface area (Å²) in [7, 11) is -2.27. The Bertz CT molecular complexity index is 1310. The summed E-state index contributed by atoms with van der Waals surface area (Å²) in [6.07, 6.45) is 0. The van der Waals surface area contributed by atoms with Gasteiger partial charge in [0, 0.05) is 24.7 Å². The first kappa shape index (κ1) is 26.3. The number of carbonyl (C=O) groups excluding carboxylic acids is 1. The predicted octanol–water partition coefficient (Wildman–Crippen LogP) is 6.43. The molecule has 0 spiro atoms. The molecule has 0 unspecified atom stereocenters. The minimum Gasteiger partial charge on any atom is -0.494 e. The molecule has 0 bridgehead atoms. The van der Waals surface area contributed by atoms with E-state index in [1.807, 2.05) is 13.8 Å². The van der Waals surface area contributed by atoms with Crippen molar-refractivity contribution < 1.29 is 17.9 Å². The molecule has 0 heterocycles. The Morgan fingerprint density at radius 2 is 1.62 bits per heavy atom. The van der Waals surface area contributed by atoms with Crippen molar-refractivity contribution in [3.05, 3.63) is 86.4 Å². The summed E-state index contributed by atoms with van der Waals surface area (Å²) in [4.78, 5) is 13.1. The number of benzene rings is 3. The van der Waals surface area contributed by atoms with Crippen LogP contribution in [0.5, 0.6) is 5.75 Å². The van der Waals surface area contributed by atoms with E-state index in [1.165, 1.54) is 23.5 Å². The number of nitrogens with one attached hydrogen (secondary N) is 1. The Morgan fingerprint density at radius 1 is 0.971 bits per heavy atom. The van der Waals surface area contributed by atoms with Crippen LogP contribution in [0.15, 0.2) is 59.5 Å². The minimum absolute atomic E-state index is 0.000191. The number of amides is 1. The summed E-state index contributed by atoms with van der Waals surface area (Å²) in [5.74, 6) is 0.0335. The van der Waals surface area contributed by atoms with Gasteiger partial charge in [0.2, 0.25) is 10.0 Å². The highest BCUT2D eigenvalue weighted by Crippen LogP contribution is 2.33. The maximum atomic E-state index is 13.0. The van der Waals surface area contributed by atoms with Crippen LogP contribution < -0.4 is 10.1 Å². The van der Waals surface area contributed by atoms with Gasteiger partial charge >= 0.3 is 0 Å². The lowest BCUT2D eigenvalue weighted by atomic mass is 10.1. The Kier molecular flexibility index (Phi) is 8.49. The number of rotatable bonds is 8. The van der Waals surface area contributed by atoms with Crippen molar-refractivity contribution >= 4 is 56.4 Å². The van der Waals surface area contributed by atoms with Crippen molar-refractivity contribution in [2.75, 3.05) is 19.0 Å². The first-order chi connectivity index (χ1) is 16.0. The van der Waals surface area contributed by atoms with Gasteiger partial charge in [0.15, 0.2) is 0 Å². The third-order valence-corrected chi connectivity index (χ3v) is 7.86. The molecule has 34 heavy (non-hydrogen) atoms. The second-order valence-electron chi connectivity index (χ2n) is 7.53. The van der Waals surface area contributed by atoms with Gasteiger partial charge in [0.05, 0.1) is 32.3 Å². The molecule has 0 aromatic heterocycles. The monoisotopic (exact) mass is 540 g/mol. The summed E-state index contributed by atoms with van der Waals surface area (Å²) < 4.78 is 33.0. The van der Waals surface area contributed by atoms with Gasteiger partial charge in [-0.3, -0.25) is 4.79 Å². The molecule has 3 rings (SSSR count). The summed E-state index contributed by atoms with van der Waals surface area (Å²) >= 11 is 18.1. The zero-order valence-electron chi connectivity index (χ0n) is 18.7. The van der Waals surface area contributed by atoms with Gasteiger partial charge in [0.25, 0.3) is 5.91 Å². The fourth-order valence-corrected chi connectivity index (χ4v) is 4.91. The first-order valence-electron chi connectivity index (χ1n) is 10.3. The number of nitrogens with zero attached hydrogens (tertiary/aromatic N) is 1. The number of halogens is 3. The van der Waals surface area contributed by atoms with Crippen molar-refractivity contribution in [3.63, 3.8) is 0 Å². The van der Waals surface area contributed by atoms with Gasteiger partial charge < -0.3 is 10.1 Å². The molecule has 0 aliphatic heterocycles. The van der Waals surface area contributed by atoms with Crippen LogP contribution in [0.2, 0.25) is 15.1 Å². The zero-order chi connectivity index (χ0) is 25.0. The minimum atomic E-state index is -3.75. The second kappa shape index (κ2) is 11.0. The van der Waals surface area contributed by atoms with Gasteiger partial charge in [-0.25, -0.2) is 8.42 Å². The van der Waals surface area contributed by atoms with E-state index >= 15 is 0 Å². The van der Waals surface area contributed by atoms with E-state index in [0.29, 0.717) is 29.2 Å². The Morgan fingerprint density at radius 3 is 2.26 bits per heavy atom. The van der Waals surface area contributed by atoms with Gasteiger partial charge in [0.1, 0.15) is 5.75 Å². The van der Waals surface area contributed by atoms with E-state index in [4.69, 9.17) is 39.5 Å². The highest BCUT2D eigenvalue weighted by atomic mass is 35.5. The molecule has 0 fully saturated rings. The number of carbonyl (C=O) groups is 1. The predicted molar refractivity (Wildman–Crippen MR) is 137 cm³/mol. The quantitative estimate of drug-likeness (QED) is 0.334. The van der Waals surface area contributed by atoms with Crippen molar-refractivity contribution in [1.29, 1.82) is 0 Å². The van der Waals surface area contributed by atoms with E-state index in [-0.39, 0.29) is 26.5 Å². The molecule has 180 valence electrons. The molecule has 3 aromatic rings. The van der Waals surface area contributed by atoms with Crippen molar-refractivity contribution in [1.82, 2.24) is 4.31 Å². The van der Waals surface area contributed by atoms with Crippen LogP contribution in [0.4, 0.5) is 5.69 Å². The molecule has 0 atom stereocenters. The standard InChI is InChI=1S/C24H23Cl3N2O4S/c1-4-33-23-10-7-16(24(30)28-22-13-20(26)19(25)12-21(22)27)11-17(23)14-29(3)34(31,32)18-8-5-15(2)6-9-18/h5-13H,4,14H2,1-3H3,(H,28,30). The number of ether oxygens (including phenoxy) is 1.